The van der Waals surface area contributed by atoms with Crippen molar-refractivity contribution < 1.29 is 4.79 Å². The molecule has 1 saturated heterocycles. The summed E-state index contributed by atoms with van der Waals surface area (Å²) < 4.78 is -0.263. The fourth-order valence-corrected chi connectivity index (χ4v) is 3.00. The van der Waals surface area contributed by atoms with Crippen molar-refractivity contribution >= 4 is 29.0 Å². The van der Waals surface area contributed by atoms with E-state index in [9.17, 15) is 4.79 Å². The fourth-order valence-electron chi connectivity index (χ4n) is 1.79. The highest BCUT2D eigenvalue weighted by atomic mass is 32.2. The molecule has 0 saturated carbocycles. The van der Waals surface area contributed by atoms with Crippen LogP contribution in [0.5, 0.6) is 0 Å². The minimum absolute atomic E-state index is 0.0970. The van der Waals surface area contributed by atoms with Gasteiger partial charge in [-0.1, -0.05) is 0 Å². The molecule has 1 aromatic rings. The van der Waals surface area contributed by atoms with E-state index in [1.54, 1.807) is 23.9 Å². The van der Waals surface area contributed by atoms with Gasteiger partial charge in [-0.25, -0.2) is 0 Å². The molecule has 0 aliphatic carbocycles. The van der Waals surface area contributed by atoms with E-state index in [0.717, 1.165) is 24.3 Å². The Morgan fingerprint density at radius 3 is 2.69 bits per heavy atom. The molecular weight excluding hydrogens is 220 g/mol. The zero-order valence-corrected chi connectivity index (χ0v) is 10.1. The van der Waals surface area contributed by atoms with Gasteiger partial charge in [0.1, 0.15) is 0 Å². The smallest absolute Gasteiger partial charge is 0.240 e. The van der Waals surface area contributed by atoms with Gasteiger partial charge < -0.3 is 11.1 Å². The van der Waals surface area contributed by atoms with Crippen molar-refractivity contribution in [2.75, 3.05) is 16.8 Å². The van der Waals surface area contributed by atoms with E-state index in [4.69, 9.17) is 5.73 Å². The molecule has 0 radical (unpaired) electrons. The molecule has 1 atom stereocenters. The van der Waals surface area contributed by atoms with Crippen molar-refractivity contribution in [2.45, 2.75) is 24.5 Å². The molecule has 3 N–H and O–H groups in total. The number of carbonyl (C=O) groups excluding carboxylic acids is 1. The number of anilines is 2. The lowest BCUT2D eigenvalue weighted by atomic mass is 10.0. The number of nitrogens with one attached hydrogen (secondary N) is 1. The third kappa shape index (κ3) is 2.32. The van der Waals surface area contributed by atoms with Gasteiger partial charge in [-0.3, -0.25) is 4.79 Å². The Morgan fingerprint density at radius 1 is 1.44 bits per heavy atom. The summed E-state index contributed by atoms with van der Waals surface area (Å²) in [6.07, 6.45) is 2.08. The Balaban J connectivity index is 2.04. The largest absolute Gasteiger partial charge is 0.399 e. The highest BCUT2D eigenvalue weighted by molar-refractivity contribution is 8.01. The van der Waals surface area contributed by atoms with E-state index in [-0.39, 0.29) is 10.7 Å². The van der Waals surface area contributed by atoms with E-state index in [0.29, 0.717) is 5.69 Å². The van der Waals surface area contributed by atoms with E-state index in [2.05, 4.69) is 5.32 Å². The predicted molar refractivity (Wildman–Crippen MR) is 69.6 cm³/mol. The summed E-state index contributed by atoms with van der Waals surface area (Å²) in [5, 5.41) is 2.94. The second-order valence-electron chi connectivity index (χ2n) is 4.26. The summed E-state index contributed by atoms with van der Waals surface area (Å²) in [4.78, 5) is 12.1. The van der Waals surface area contributed by atoms with Crippen LogP contribution in [0.15, 0.2) is 24.3 Å². The fraction of sp³-hybridized carbons (Fsp3) is 0.417. The first-order valence-corrected chi connectivity index (χ1v) is 6.40. The van der Waals surface area contributed by atoms with Crippen LogP contribution in [0.2, 0.25) is 0 Å². The SMILES string of the molecule is CC1(C(=O)Nc2ccc(N)cc2)CCCS1. The lowest BCUT2D eigenvalue weighted by Crippen LogP contribution is -2.34. The molecule has 2 rings (SSSR count). The van der Waals surface area contributed by atoms with Crippen LogP contribution in [0.3, 0.4) is 0 Å². The van der Waals surface area contributed by atoms with Crippen LogP contribution in [-0.2, 0) is 4.79 Å². The Hall–Kier alpha value is -1.16. The van der Waals surface area contributed by atoms with Crippen LogP contribution in [0.25, 0.3) is 0 Å². The summed E-state index contributed by atoms with van der Waals surface area (Å²) in [5.74, 6) is 1.17. The summed E-state index contributed by atoms with van der Waals surface area (Å²) in [6, 6.07) is 7.24. The number of benzene rings is 1. The van der Waals surface area contributed by atoms with Crippen LogP contribution in [0.4, 0.5) is 11.4 Å². The number of nitrogen functional groups attached to an aromatic ring is 1. The number of carbonyl (C=O) groups is 1. The van der Waals surface area contributed by atoms with Crippen LogP contribution in [0.1, 0.15) is 19.8 Å². The number of hydrogen-bond donors (Lipinski definition) is 2. The number of hydrogen-bond acceptors (Lipinski definition) is 3. The third-order valence-corrected chi connectivity index (χ3v) is 4.39. The van der Waals surface area contributed by atoms with Crippen molar-refractivity contribution in [3.05, 3.63) is 24.3 Å². The van der Waals surface area contributed by atoms with Gasteiger partial charge >= 0.3 is 0 Å². The standard InChI is InChI=1S/C12H16N2OS/c1-12(7-2-8-16-12)11(15)14-10-5-3-9(13)4-6-10/h3-6H,2,7-8,13H2,1H3,(H,14,15). The second kappa shape index (κ2) is 4.37. The average molecular weight is 236 g/mol. The summed E-state index contributed by atoms with van der Waals surface area (Å²) in [5.41, 5.74) is 7.11. The lowest BCUT2D eigenvalue weighted by molar-refractivity contribution is -0.118. The third-order valence-electron chi connectivity index (χ3n) is 2.87. The molecule has 0 aromatic heterocycles. The van der Waals surface area contributed by atoms with Gasteiger partial charge in [0.2, 0.25) is 5.91 Å². The first kappa shape index (κ1) is 11.3. The first-order valence-electron chi connectivity index (χ1n) is 5.41. The molecule has 1 amide bonds. The Kier molecular flexibility index (Phi) is 3.10. The lowest BCUT2D eigenvalue weighted by Gasteiger charge is -2.21. The van der Waals surface area contributed by atoms with Crippen LogP contribution in [0, 0.1) is 0 Å². The van der Waals surface area contributed by atoms with E-state index in [1.807, 2.05) is 19.1 Å². The molecule has 0 spiro atoms. The highest BCUT2D eigenvalue weighted by Crippen LogP contribution is 2.38. The molecule has 1 fully saturated rings. The molecule has 1 aliphatic rings. The molecule has 16 heavy (non-hydrogen) atoms. The van der Waals surface area contributed by atoms with E-state index in [1.165, 1.54) is 0 Å². The van der Waals surface area contributed by atoms with Crippen LogP contribution >= 0.6 is 11.8 Å². The zero-order valence-electron chi connectivity index (χ0n) is 9.32. The Labute approximate surface area is 99.8 Å². The minimum atomic E-state index is -0.263. The second-order valence-corrected chi connectivity index (χ2v) is 5.86. The maximum absolute atomic E-state index is 12.1. The van der Waals surface area contributed by atoms with Gasteiger partial charge in [0.25, 0.3) is 0 Å². The normalized spacial score (nSPS) is 24.3. The first-order chi connectivity index (χ1) is 7.60. The summed E-state index contributed by atoms with van der Waals surface area (Å²) >= 11 is 1.74. The summed E-state index contributed by atoms with van der Waals surface area (Å²) in [7, 11) is 0. The van der Waals surface area contributed by atoms with Gasteiger partial charge in [0.15, 0.2) is 0 Å². The molecule has 0 bridgehead atoms. The summed E-state index contributed by atoms with van der Waals surface area (Å²) in [6.45, 7) is 2.01. The monoisotopic (exact) mass is 236 g/mol. The van der Waals surface area contributed by atoms with Gasteiger partial charge in [-0.2, -0.15) is 0 Å². The van der Waals surface area contributed by atoms with Crippen molar-refractivity contribution in [2.24, 2.45) is 0 Å². The molecule has 4 heteroatoms. The molecule has 1 heterocycles. The van der Waals surface area contributed by atoms with Crippen molar-refractivity contribution in [1.29, 1.82) is 0 Å². The number of amides is 1. The van der Waals surface area contributed by atoms with E-state index < -0.39 is 0 Å². The molecule has 1 aromatic carbocycles. The predicted octanol–water partition coefficient (Wildman–Crippen LogP) is 2.49. The van der Waals surface area contributed by atoms with Crippen molar-refractivity contribution in [3.63, 3.8) is 0 Å². The average Bonchev–Trinajstić information content (AvgIpc) is 2.70. The van der Waals surface area contributed by atoms with Crippen LogP contribution in [-0.4, -0.2) is 16.4 Å². The topological polar surface area (TPSA) is 55.1 Å². The zero-order chi connectivity index (χ0) is 11.6. The van der Waals surface area contributed by atoms with Gasteiger partial charge in [0, 0.05) is 11.4 Å². The van der Waals surface area contributed by atoms with Gasteiger partial charge in [-0.15, -0.1) is 11.8 Å². The molecule has 3 nitrogen and oxygen atoms in total. The Bertz CT molecular complexity index is 383. The molecule has 1 aliphatic heterocycles. The van der Waals surface area contributed by atoms with Gasteiger partial charge in [0.05, 0.1) is 4.75 Å². The van der Waals surface area contributed by atoms with Crippen molar-refractivity contribution in [1.82, 2.24) is 0 Å². The van der Waals surface area contributed by atoms with Crippen molar-refractivity contribution in [3.8, 4) is 0 Å². The maximum Gasteiger partial charge on any atom is 0.240 e. The van der Waals surface area contributed by atoms with E-state index >= 15 is 0 Å². The number of thioether (sulfide) groups is 1. The quantitative estimate of drug-likeness (QED) is 0.776. The minimum Gasteiger partial charge on any atom is -0.399 e. The number of nitrogens with two attached hydrogens (primary N) is 1. The highest BCUT2D eigenvalue weighted by Gasteiger charge is 2.37. The number of rotatable bonds is 2. The van der Waals surface area contributed by atoms with Gasteiger partial charge in [-0.05, 0) is 49.8 Å². The van der Waals surface area contributed by atoms with Crippen LogP contribution < -0.4 is 11.1 Å². The molecule has 1 unspecified atom stereocenters. The molecular formula is C12H16N2OS. The maximum atomic E-state index is 12.1. The molecule has 86 valence electrons. The Morgan fingerprint density at radius 2 is 2.12 bits per heavy atom.